The van der Waals surface area contributed by atoms with Crippen molar-refractivity contribution >= 4 is 11.6 Å². The third-order valence-electron chi connectivity index (χ3n) is 6.52. The van der Waals surface area contributed by atoms with E-state index in [2.05, 4.69) is 24.3 Å². The quantitative estimate of drug-likeness (QED) is 0.716. The standard InChI is InChI=1S/C26H29N2O2/c27-17-19-4-3-15-28(18-19,26(29)21-7-8-21)23-10-13-24(14-11-23)30-25-12-9-20-5-1-2-6-22(20)16-25/h3-4,9-14,16,18,21H,1-2,5-8,15,17,27H2/q+1. The van der Waals surface area contributed by atoms with E-state index in [1.165, 1.54) is 30.4 Å². The van der Waals surface area contributed by atoms with Crippen molar-refractivity contribution in [1.82, 2.24) is 4.48 Å². The zero-order valence-corrected chi connectivity index (χ0v) is 17.3. The lowest BCUT2D eigenvalue weighted by atomic mass is 9.92. The summed E-state index contributed by atoms with van der Waals surface area (Å²) in [5, 5.41) is 0. The van der Waals surface area contributed by atoms with Crippen LogP contribution in [0.1, 0.15) is 36.8 Å². The number of hydrogen-bond acceptors (Lipinski definition) is 3. The highest BCUT2D eigenvalue weighted by molar-refractivity contribution is 5.94. The van der Waals surface area contributed by atoms with Gasteiger partial charge in [0.25, 0.3) is 0 Å². The van der Waals surface area contributed by atoms with Gasteiger partial charge in [0.05, 0.1) is 5.92 Å². The van der Waals surface area contributed by atoms with Crippen LogP contribution in [0.2, 0.25) is 0 Å². The van der Waals surface area contributed by atoms with Gasteiger partial charge in [0.15, 0.2) is 0 Å². The molecule has 1 fully saturated rings. The number of benzene rings is 2. The van der Waals surface area contributed by atoms with Crippen LogP contribution >= 0.6 is 0 Å². The van der Waals surface area contributed by atoms with Gasteiger partial charge < -0.3 is 10.5 Å². The normalized spacial score (nSPS) is 22.9. The molecule has 2 aromatic carbocycles. The Morgan fingerprint density at radius 2 is 1.73 bits per heavy atom. The van der Waals surface area contributed by atoms with Crippen molar-refractivity contribution in [3.63, 3.8) is 0 Å². The first-order valence-corrected chi connectivity index (χ1v) is 11.1. The van der Waals surface area contributed by atoms with Gasteiger partial charge in [-0.25, -0.2) is 4.79 Å². The molecule has 30 heavy (non-hydrogen) atoms. The van der Waals surface area contributed by atoms with Gasteiger partial charge >= 0.3 is 5.91 Å². The molecule has 1 aliphatic heterocycles. The Labute approximate surface area is 178 Å². The smallest absolute Gasteiger partial charge is 0.326 e. The molecule has 4 heteroatoms. The number of amides is 1. The Balaban J connectivity index is 1.41. The fourth-order valence-corrected chi connectivity index (χ4v) is 4.68. The number of nitrogens with two attached hydrogens (primary N) is 1. The topological polar surface area (TPSA) is 52.3 Å². The molecular formula is C26H29N2O2+. The Hall–Kier alpha value is -2.69. The summed E-state index contributed by atoms with van der Waals surface area (Å²) in [6, 6.07) is 14.4. The maximum absolute atomic E-state index is 13.3. The van der Waals surface area contributed by atoms with E-state index >= 15 is 0 Å². The summed E-state index contributed by atoms with van der Waals surface area (Å²) >= 11 is 0. The van der Waals surface area contributed by atoms with Crippen LogP contribution in [0.3, 0.4) is 0 Å². The molecule has 1 atom stereocenters. The molecule has 1 saturated carbocycles. The van der Waals surface area contributed by atoms with Crippen LogP contribution in [0.25, 0.3) is 0 Å². The van der Waals surface area contributed by atoms with Crippen LogP contribution in [0.15, 0.2) is 66.4 Å². The highest BCUT2D eigenvalue weighted by Gasteiger charge is 2.47. The molecule has 0 saturated heterocycles. The molecule has 1 unspecified atom stereocenters. The monoisotopic (exact) mass is 401 g/mol. The van der Waals surface area contributed by atoms with Crippen LogP contribution in [0, 0.1) is 5.92 Å². The van der Waals surface area contributed by atoms with Gasteiger partial charge in [-0.15, -0.1) is 0 Å². The average Bonchev–Trinajstić information content (AvgIpc) is 3.64. The summed E-state index contributed by atoms with van der Waals surface area (Å²) in [4.78, 5) is 13.3. The molecule has 0 bridgehead atoms. The van der Waals surface area contributed by atoms with Crippen LogP contribution < -0.4 is 15.0 Å². The Kier molecular flexibility index (Phi) is 5.05. The first-order chi connectivity index (χ1) is 14.7. The third kappa shape index (κ3) is 3.62. The van der Waals surface area contributed by atoms with Gasteiger partial charge in [-0.1, -0.05) is 12.1 Å². The zero-order chi connectivity index (χ0) is 20.6. The third-order valence-corrected chi connectivity index (χ3v) is 6.52. The summed E-state index contributed by atoms with van der Waals surface area (Å²) in [5.74, 6) is 2.11. The van der Waals surface area contributed by atoms with E-state index in [-0.39, 0.29) is 16.3 Å². The molecule has 4 nitrogen and oxygen atoms in total. The summed E-state index contributed by atoms with van der Waals surface area (Å²) in [6.45, 7) is 1.08. The van der Waals surface area contributed by atoms with Crippen molar-refractivity contribution in [2.75, 3.05) is 13.1 Å². The van der Waals surface area contributed by atoms with E-state index in [0.29, 0.717) is 13.1 Å². The molecule has 5 rings (SSSR count). The minimum absolute atomic E-state index is 0.165. The number of nitrogens with zero attached hydrogens (tertiary/aromatic N) is 1. The molecular weight excluding hydrogens is 372 g/mol. The highest BCUT2D eigenvalue weighted by Crippen LogP contribution is 2.39. The van der Waals surface area contributed by atoms with Crippen molar-refractivity contribution < 1.29 is 9.53 Å². The van der Waals surface area contributed by atoms with Gasteiger partial charge in [-0.2, -0.15) is 4.48 Å². The predicted octanol–water partition coefficient (Wildman–Crippen LogP) is 5.01. The first kappa shape index (κ1) is 19.3. The molecule has 1 heterocycles. The second-order valence-corrected chi connectivity index (χ2v) is 8.71. The number of fused-ring (bicyclic) bond motifs is 1. The van der Waals surface area contributed by atoms with Crippen LogP contribution in [-0.4, -0.2) is 19.0 Å². The van der Waals surface area contributed by atoms with E-state index < -0.39 is 0 Å². The minimum Gasteiger partial charge on any atom is -0.457 e. The molecule has 2 aliphatic carbocycles. The van der Waals surface area contributed by atoms with E-state index in [9.17, 15) is 4.79 Å². The molecule has 2 aromatic rings. The van der Waals surface area contributed by atoms with Crippen molar-refractivity contribution in [2.24, 2.45) is 11.7 Å². The summed E-state index contributed by atoms with van der Waals surface area (Å²) < 4.78 is 6.37. The van der Waals surface area contributed by atoms with Crippen molar-refractivity contribution in [1.29, 1.82) is 0 Å². The number of carbonyl (C=O) groups is 1. The van der Waals surface area contributed by atoms with E-state index in [4.69, 9.17) is 10.5 Å². The van der Waals surface area contributed by atoms with E-state index in [1.807, 2.05) is 36.5 Å². The fourth-order valence-electron chi connectivity index (χ4n) is 4.68. The molecule has 1 amide bonds. The van der Waals surface area contributed by atoms with E-state index in [0.717, 1.165) is 42.0 Å². The summed E-state index contributed by atoms with van der Waals surface area (Å²) in [6.07, 6.45) is 13.0. The van der Waals surface area contributed by atoms with Crippen LogP contribution in [0.4, 0.5) is 5.69 Å². The second-order valence-electron chi connectivity index (χ2n) is 8.71. The number of ether oxygens (including phenoxy) is 1. The molecule has 2 N–H and O–H groups in total. The van der Waals surface area contributed by atoms with E-state index in [1.54, 1.807) is 0 Å². The zero-order valence-electron chi connectivity index (χ0n) is 17.3. The maximum Gasteiger partial charge on any atom is 0.326 e. The van der Waals surface area contributed by atoms with Crippen molar-refractivity contribution in [2.45, 2.75) is 38.5 Å². The summed E-state index contributed by atoms with van der Waals surface area (Å²) in [5.41, 5.74) is 10.7. The van der Waals surface area contributed by atoms with Gasteiger partial charge in [-0.05, 0) is 80.0 Å². The number of carbonyl (C=O) groups excluding carboxylic acids is 1. The van der Waals surface area contributed by atoms with Gasteiger partial charge in [-0.3, -0.25) is 0 Å². The molecule has 0 spiro atoms. The van der Waals surface area contributed by atoms with Gasteiger partial charge in [0.2, 0.25) is 0 Å². The van der Waals surface area contributed by atoms with Crippen molar-refractivity contribution in [3.05, 3.63) is 77.5 Å². The summed E-state index contributed by atoms with van der Waals surface area (Å²) in [7, 11) is 0. The molecule has 3 aliphatic rings. The fraction of sp³-hybridized carbons (Fsp3) is 0.346. The first-order valence-electron chi connectivity index (χ1n) is 11.1. The number of aryl methyl sites for hydroxylation is 2. The lowest BCUT2D eigenvalue weighted by molar-refractivity contribution is -0.129. The molecule has 154 valence electrons. The number of rotatable bonds is 5. The number of quaternary nitrogens is 1. The van der Waals surface area contributed by atoms with Crippen LogP contribution in [-0.2, 0) is 17.6 Å². The Morgan fingerprint density at radius 3 is 2.47 bits per heavy atom. The van der Waals surface area contributed by atoms with Crippen molar-refractivity contribution in [3.8, 4) is 11.5 Å². The van der Waals surface area contributed by atoms with Gasteiger partial charge in [0, 0.05) is 24.3 Å². The second kappa shape index (κ2) is 7.86. The van der Waals surface area contributed by atoms with Crippen LogP contribution in [0.5, 0.6) is 11.5 Å². The maximum atomic E-state index is 13.3. The lowest BCUT2D eigenvalue weighted by Crippen LogP contribution is -2.52. The molecule has 0 aromatic heterocycles. The van der Waals surface area contributed by atoms with Gasteiger partial charge in [0.1, 0.15) is 29.9 Å². The highest BCUT2D eigenvalue weighted by atomic mass is 16.5. The molecule has 0 radical (unpaired) electrons. The lowest BCUT2D eigenvalue weighted by Gasteiger charge is -2.33. The predicted molar refractivity (Wildman–Crippen MR) is 120 cm³/mol. The Bertz CT molecular complexity index is 1020. The minimum atomic E-state index is 0.165. The Morgan fingerprint density at radius 1 is 1.00 bits per heavy atom. The largest absolute Gasteiger partial charge is 0.457 e. The number of hydrogen-bond donors (Lipinski definition) is 1. The average molecular weight is 402 g/mol. The SMILES string of the molecule is NCC1=C[N+](C(=O)C2CC2)(c2ccc(Oc3ccc4c(c3)CCCC4)cc2)CC=C1.